The topological polar surface area (TPSA) is 46.6 Å². The Bertz CT molecular complexity index is 919. The molecule has 0 N–H and O–H groups in total. The fraction of sp³-hybridized carbons (Fsp3) is 0.200. The predicted octanol–water partition coefficient (Wildman–Crippen LogP) is 3.47. The van der Waals surface area contributed by atoms with Crippen LogP contribution in [0, 0.1) is 12.7 Å². The van der Waals surface area contributed by atoms with Crippen molar-refractivity contribution in [2.24, 2.45) is 0 Å². The summed E-state index contributed by atoms with van der Waals surface area (Å²) in [5.41, 5.74) is 3.40. The van der Waals surface area contributed by atoms with Crippen molar-refractivity contribution in [3.63, 3.8) is 0 Å². The van der Waals surface area contributed by atoms with E-state index >= 15 is 0 Å². The van der Waals surface area contributed by atoms with Crippen molar-refractivity contribution >= 4 is 17.6 Å². The van der Waals surface area contributed by atoms with E-state index in [-0.39, 0.29) is 24.9 Å². The molecule has 4 nitrogen and oxygen atoms in total. The number of ether oxygens (including phenoxy) is 1. The molecule has 25 heavy (non-hydrogen) atoms. The Morgan fingerprint density at radius 3 is 2.68 bits per heavy atom. The average Bonchev–Trinajstić information content (AvgIpc) is 2.96. The lowest BCUT2D eigenvalue weighted by molar-refractivity contribution is -0.136. The third kappa shape index (κ3) is 2.61. The van der Waals surface area contributed by atoms with E-state index < -0.39 is 11.8 Å². The molecule has 2 aliphatic heterocycles. The molecule has 0 bridgehead atoms. The minimum Gasteiger partial charge on any atom is -0.456 e. The molecular formula is C20H16FNO3. The van der Waals surface area contributed by atoms with Gasteiger partial charge in [-0.15, -0.1) is 0 Å². The van der Waals surface area contributed by atoms with Gasteiger partial charge in [0, 0.05) is 12.3 Å². The summed E-state index contributed by atoms with van der Waals surface area (Å²) in [7, 11) is 0. The number of hydrogen-bond donors (Lipinski definition) is 0. The highest BCUT2D eigenvalue weighted by atomic mass is 19.1. The largest absolute Gasteiger partial charge is 0.456 e. The molecule has 1 atom stereocenters. The van der Waals surface area contributed by atoms with Gasteiger partial charge < -0.3 is 4.74 Å². The first-order valence-electron chi connectivity index (χ1n) is 8.10. The summed E-state index contributed by atoms with van der Waals surface area (Å²) in [6, 6.07) is 13.6. The molecule has 5 heteroatoms. The molecule has 4 rings (SSSR count). The van der Waals surface area contributed by atoms with E-state index in [4.69, 9.17) is 4.74 Å². The maximum absolute atomic E-state index is 13.6. The highest BCUT2D eigenvalue weighted by molar-refractivity contribution is 6.06. The molecule has 2 aliphatic rings. The van der Waals surface area contributed by atoms with Gasteiger partial charge in [-0.2, -0.15) is 0 Å². The summed E-state index contributed by atoms with van der Waals surface area (Å²) >= 11 is 0. The Morgan fingerprint density at radius 2 is 1.92 bits per heavy atom. The number of nitrogens with zero attached hydrogens (tertiary/aromatic N) is 1. The number of cyclic esters (lactones) is 1. The minimum atomic E-state index is -0.432. The van der Waals surface area contributed by atoms with Gasteiger partial charge in [-0.1, -0.05) is 35.9 Å². The summed E-state index contributed by atoms with van der Waals surface area (Å²) in [5, 5.41) is 0. The number of benzene rings is 2. The van der Waals surface area contributed by atoms with Gasteiger partial charge in [0.25, 0.3) is 0 Å². The van der Waals surface area contributed by atoms with Crippen LogP contribution in [0.25, 0.3) is 0 Å². The third-order valence-corrected chi connectivity index (χ3v) is 4.63. The van der Waals surface area contributed by atoms with E-state index in [1.165, 1.54) is 17.0 Å². The van der Waals surface area contributed by atoms with E-state index in [9.17, 15) is 14.0 Å². The Morgan fingerprint density at radius 1 is 1.12 bits per heavy atom. The van der Waals surface area contributed by atoms with E-state index in [1.54, 1.807) is 12.1 Å². The summed E-state index contributed by atoms with van der Waals surface area (Å²) < 4.78 is 18.8. The van der Waals surface area contributed by atoms with Crippen molar-refractivity contribution in [3.05, 3.63) is 76.7 Å². The lowest BCUT2D eigenvalue weighted by atomic mass is 9.83. The van der Waals surface area contributed by atoms with Crippen molar-refractivity contribution in [3.8, 4) is 0 Å². The number of rotatable bonds is 2. The van der Waals surface area contributed by atoms with E-state index in [2.05, 4.69) is 0 Å². The number of esters is 1. The highest BCUT2D eigenvalue weighted by Gasteiger charge is 2.42. The number of carbonyl (C=O) groups excluding carboxylic acids is 2. The zero-order valence-corrected chi connectivity index (χ0v) is 13.7. The van der Waals surface area contributed by atoms with E-state index in [0.29, 0.717) is 17.0 Å². The number of carbonyl (C=O) groups is 2. The second-order valence-electron chi connectivity index (χ2n) is 6.32. The molecule has 0 fully saturated rings. The quantitative estimate of drug-likeness (QED) is 0.789. The van der Waals surface area contributed by atoms with Crippen LogP contribution in [0.4, 0.5) is 10.1 Å². The van der Waals surface area contributed by atoms with Gasteiger partial charge in [0.2, 0.25) is 5.91 Å². The van der Waals surface area contributed by atoms with Gasteiger partial charge >= 0.3 is 5.97 Å². The van der Waals surface area contributed by atoms with Crippen LogP contribution in [-0.2, 0) is 14.3 Å². The molecule has 0 spiro atoms. The summed E-state index contributed by atoms with van der Waals surface area (Å²) in [5.74, 6) is -1.34. The van der Waals surface area contributed by atoms with Crippen LogP contribution in [0.5, 0.6) is 0 Å². The maximum atomic E-state index is 13.6. The number of amides is 1. The van der Waals surface area contributed by atoms with Gasteiger partial charge in [0.05, 0.1) is 17.0 Å². The van der Waals surface area contributed by atoms with Gasteiger partial charge in [0.15, 0.2) is 0 Å². The fourth-order valence-corrected chi connectivity index (χ4v) is 3.54. The van der Waals surface area contributed by atoms with Crippen molar-refractivity contribution < 1.29 is 18.7 Å². The Hall–Kier alpha value is -2.95. The summed E-state index contributed by atoms with van der Waals surface area (Å²) in [6.07, 6.45) is 0.147. The minimum absolute atomic E-state index is 0.0265. The van der Waals surface area contributed by atoms with Crippen molar-refractivity contribution in [2.45, 2.75) is 19.3 Å². The number of aryl methyl sites for hydroxylation is 1. The first-order valence-corrected chi connectivity index (χ1v) is 8.10. The maximum Gasteiger partial charge on any atom is 0.336 e. The number of halogens is 1. The van der Waals surface area contributed by atoms with Crippen LogP contribution < -0.4 is 4.90 Å². The Balaban J connectivity index is 1.84. The highest BCUT2D eigenvalue weighted by Crippen LogP contribution is 2.41. The zero-order chi connectivity index (χ0) is 17.6. The standard InChI is InChI=1S/C20H16FNO3/c1-12-4-2-5-13(8-12)16-10-18(23)22(15-7-3-6-14(21)9-15)17-11-25-20(24)19(16)17/h2-9,16H,10-11H2,1H3. The number of hydrogen-bond acceptors (Lipinski definition) is 3. The second kappa shape index (κ2) is 5.84. The van der Waals surface area contributed by atoms with Gasteiger partial charge in [-0.3, -0.25) is 9.69 Å². The average molecular weight is 337 g/mol. The fourth-order valence-electron chi connectivity index (χ4n) is 3.54. The van der Waals surface area contributed by atoms with Crippen molar-refractivity contribution in [1.82, 2.24) is 0 Å². The lowest BCUT2D eigenvalue weighted by Gasteiger charge is -2.32. The predicted molar refractivity (Wildman–Crippen MR) is 90.4 cm³/mol. The van der Waals surface area contributed by atoms with Crippen LogP contribution in [0.2, 0.25) is 0 Å². The molecule has 0 radical (unpaired) electrons. The normalized spacial score (nSPS) is 19.9. The first kappa shape index (κ1) is 15.6. The molecule has 0 saturated heterocycles. The SMILES string of the molecule is Cc1cccc(C2CC(=O)N(c3cccc(F)c3)C3=C2C(=O)OC3)c1. The summed E-state index contributed by atoms with van der Waals surface area (Å²) in [4.78, 5) is 26.6. The van der Waals surface area contributed by atoms with Crippen LogP contribution in [0.15, 0.2) is 59.8 Å². The molecule has 126 valence electrons. The molecule has 1 amide bonds. The lowest BCUT2D eigenvalue weighted by Crippen LogP contribution is -2.37. The molecule has 0 aliphatic carbocycles. The van der Waals surface area contributed by atoms with Crippen LogP contribution in [0.3, 0.4) is 0 Å². The Labute approximate surface area is 144 Å². The number of anilines is 1. The molecule has 2 aromatic carbocycles. The molecular weight excluding hydrogens is 321 g/mol. The Kier molecular flexibility index (Phi) is 3.64. The van der Waals surface area contributed by atoms with Crippen LogP contribution >= 0.6 is 0 Å². The molecule has 1 unspecified atom stereocenters. The third-order valence-electron chi connectivity index (χ3n) is 4.63. The van der Waals surface area contributed by atoms with Crippen LogP contribution in [0.1, 0.15) is 23.5 Å². The van der Waals surface area contributed by atoms with Crippen molar-refractivity contribution in [2.75, 3.05) is 11.5 Å². The monoisotopic (exact) mass is 337 g/mol. The molecule has 2 aromatic rings. The van der Waals surface area contributed by atoms with E-state index in [1.807, 2.05) is 31.2 Å². The summed E-state index contributed by atoms with van der Waals surface area (Å²) in [6.45, 7) is 1.99. The molecule has 0 aromatic heterocycles. The van der Waals surface area contributed by atoms with Crippen LogP contribution in [-0.4, -0.2) is 18.5 Å². The van der Waals surface area contributed by atoms with Gasteiger partial charge in [0.1, 0.15) is 12.4 Å². The zero-order valence-electron chi connectivity index (χ0n) is 13.7. The smallest absolute Gasteiger partial charge is 0.336 e. The first-order chi connectivity index (χ1) is 12.0. The molecule has 0 saturated carbocycles. The van der Waals surface area contributed by atoms with Crippen molar-refractivity contribution in [1.29, 1.82) is 0 Å². The van der Waals surface area contributed by atoms with Gasteiger partial charge in [-0.25, -0.2) is 9.18 Å². The molecule has 2 heterocycles. The van der Waals surface area contributed by atoms with Gasteiger partial charge in [-0.05, 0) is 30.7 Å². The van der Waals surface area contributed by atoms with E-state index in [0.717, 1.165) is 11.1 Å². The second-order valence-corrected chi connectivity index (χ2v) is 6.32.